The molecule has 0 fully saturated rings. The molecule has 0 spiro atoms. The van der Waals surface area contributed by atoms with Crippen LogP contribution >= 0.6 is 11.6 Å². The molecule has 0 bridgehead atoms. The number of carbonyl (C=O) groups excluding carboxylic acids is 2. The summed E-state index contributed by atoms with van der Waals surface area (Å²) < 4.78 is 39.8. The van der Waals surface area contributed by atoms with Crippen LogP contribution in [0.4, 0.5) is 5.69 Å². The molecule has 0 aliphatic heterocycles. The van der Waals surface area contributed by atoms with Crippen LogP contribution in [0.15, 0.2) is 71.6 Å². The monoisotopic (exact) mass is 615 g/mol. The first kappa shape index (κ1) is 32.8. The maximum absolute atomic E-state index is 14.1. The fourth-order valence-corrected chi connectivity index (χ4v) is 5.81. The molecule has 1 atom stereocenters. The highest BCUT2D eigenvalue weighted by Crippen LogP contribution is 2.34. The molecule has 11 heteroatoms. The Labute approximate surface area is 253 Å². The summed E-state index contributed by atoms with van der Waals surface area (Å²) in [7, 11) is -1.33. The van der Waals surface area contributed by atoms with E-state index in [1.54, 1.807) is 49.4 Å². The van der Waals surface area contributed by atoms with E-state index in [2.05, 4.69) is 5.32 Å². The summed E-state index contributed by atoms with van der Waals surface area (Å²) in [4.78, 5) is 28.7. The van der Waals surface area contributed by atoms with Crippen molar-refractivity contribution in [2.24, 2.45) is 0 Å². The first-order valence-electron chi connectivity index (χ1n) is 13.3. The van der Waals surface area contributed by atoms with Crippen molar-refractivity contribution in [2.75, 3.05) is 25.1 Å². The van der Waals surface area contributed by atoms with Gasteiger partial charge in [0.05, 0.1) is 24.8 Å². The van der Waals surface area contributed by atoms with Crippen molar-refractivity contribution in [3.05, 3.63) is 82.9 Å². The van der Waals surface area contributed by atoms with E-state index in [1.807, 2.05) is 27.7 Å². The number of rotatable bonds is 11. The van der Waals surface area contributed by atoms with Crippen LogP contribution in [-0.4, -0.2) is 57.5 Å². The second-order valence-electron chi connectivity index (χ2n) is 10.9. The van der Waals surface area contributed by atoms with Gasteiger partial charge in [-0.1, -0.05) is 47.5 Å². The SMILES string of the molecule is COc1ccc(N(CC(=O)N(Cc2ccccc2Cl)[C@H](C)C(=O)NC(C)(C)C)S(=O)(=O)c2ccc(C)cc2)cc1OC. The number of hydrogen-bond donors (Lipinski definition) is 1. The van der Waals surface area contributed by atoms with E-state index in [-0.39, 0.29) is 28.8 Å². The van der Waals surface area contributed by atoms with Crippen LogP contribution in [0.2, 0.25) is 5.02 Å². The van der Waals surface area contributed by atoms with Crippen LogP contribution in [0.5, 0.6) is 11.5 Å². The van der Waals surface area contributed by atoms with Crippen molar-refractivity contribution in [1.29, 1.82) is 0 Å². The Bertz CT molecular complexity index is 1520. The van der Waals surface area contributed by atoms with Gasteiger partial charge in [-0.3, -0.25) is 13.9 Å². The molecule has 0 aliphatic rings. The van der Waals surface area contributed by atoms with E-state index in [1.165, 1.54) is 43.4 Å². The van der Waals surface area contributed by atoms with Crippen LogP contribution < -0.4 is 19.1 Å². The number of aryl methyl sites for hydroxylation is 1. The molecule has 0 aromatic heterocycles. The Morgan fingerprint density at radius 2 is 1.57 bits per heavy atom. The van der Waals surface area contributed by atoms with E-state index in [0.717, 1.165) is 9.87 Å². The van der Waals surface area contributed by atoms with Crippen molar-refractivity contribution in [3.8, 4) is 11.5 Å². The van der Waals surface area contributed by atoms with Crippen LogP contribution in [0.25, 0.3) is 0 Å². The minimum absolute atomic E-state index is 0.00635. The first-order valence-corrected chi connectivity index (χ1v) is 15.2. The van der Waals surface area contributed by atoms with Gasteiger partial charge in [0.2, 0.25) is 11.8 Å². The van der Waals surface area contributed by atoms with Gasteiger partial charge in [-0.15, -0.1) is 0 Å². The van der Waals surface area contributed by atoms with Gasteiger partial charge in [0.1, 0.15) is 12.6 Å². The summed E-state index contributed by atoms with van der Waals surface area (Å²) in [6.45, 7) is 8.36. The van der Waals surface area contributed by atoms with Gasteiger partial charge >= 0.3 is 0 Å². The molecule has 0 aliphatic carbocycles. The summed E-state index contributed by atoms with van der Waals surface area (Å²) in [6.07, 6.45) is 0. The standard InChI is InChI=1S/C31H38ClN3O6S/c1-21-12-15-25(16-13-21)42(38,39)35(24-14-17-27(40-6)28(18-24)41-7)20-29(36)34(19-23-10-8-9-11-26(23)32)22(2)30(37)33-31(3,4)5/h8-18,22H,19-20H2,1-7H3,(H,33,37)/t22-/m1/s1. The predicted molar refractivity (Wildman–Crippen MR) is 165 cm³/mol. The molecule has 1 N–H and O–H groups in total. The smallest absolute Gasteiger partial charge is 0.264 e. The summed E-state index contributed by atoms with van der Waals surface area (Å²) >= 11 is 6.42. The van der Waals surface area contributed by atoms with Gasteiger partial charge in [-0.25, -0.2) is 8.42 Å². The van der Waals surface area contributed by atoms with Crippen molar-refractivity contribution in [2.45, 2.75) is 57.6 Å². The number of nitrogens with zero attached hydrogens (tertiary/aromatic N) is 2. The Hall–Kier alpha value is -3.76. The molecule has 226 valence electrons. The molecule has 9 nitrogen and oxygen atoms in total. The van der Waals surface area contributed by atoms with Crippen molar-refractivity contribution < 1.29 is 27.5 Å². The minimum Gasteiger partial charge on any atom is -0.493 e. The third-order valence-electron chi connectivity index (χ3n) is 6.51. The lowest BCUT2D eigenvalue weighted by Gasteiger charge is -2.33. The highest BCUT2D eigenvalue weighted by molar-refractivity contribution is 7.92. The normalized spacial score (nSPS) is 12.3. The topological polar surface area (TPSA) is 105 Å². The van der Waals surface area contributed by atoms with Crippen molar-refractivity contribution in [1.82, 2.24) is 10.2 Å². The van der Waals surface area contributed by atoms with Gasteiger partial charge < -0.3 is 19.7 Å². The van der Waals surface area contributed by atoms with Gasteiger partial charge in [-0.05, 0) is 70.5 Å². The fourth-order valence-electron chi connectivity index (χ4n) is 4.21. The number of ether oxygens (including phenoxy) is 2. The summed E-state index contributed by atoms with van der Waals surface area (Å²) in [5.74, 6) is -0.301. The van der Waals surface area contributed by atoms with E-state index in [9.17, 15) is 18.0 Å². The number of sulfonamides is 1. The summed E-state index contributed by atoms with van der Waals surface area (Å²) in [6, 6.07) is 17.0. The van der Waals surface area contributed by atoms with E-state index < -0.39 is 34.1 Å². The second kappa shape index (κ2) is 13.5. The van der Waals surface area contributed by atoms with Gasteiger partial charge in [0, 0.05) is 23.2 Å². The summed E-state index contributed by atoms with van der Waals surface area (Å²) in [5, 5.41) is 3.32. The molecule has 3 aromatic rings. The number of methoxy groups -OCH3 is 2. The maximum atomic E-state index is 14.1. The minimum atomic E-state index is -4.24. The third kappa shape index (κ3) is 7.95. The average Bonchev–Trinajstić information content (AvgIpc) is 2.93. The van der Waals surface area contributed by atoms with Gasteiger partial charge in [0.15, 0.2) is 11.5 Å². The van der Waals surface area contributed by atoms with Crippen LogP contribution in [-0.2, 0) is 26.2 Å². The summed E-state index contributed by atoms with van der Waals surface area (Å²) in [5.41, 5.74) is 1.13. The highest BCUT2D eigenvalue weighted by atomic mass is 35.5. The Morgan fingerprint density at radius 1 is 0.952 bits per heavy atom. The zero-order valence-electron chi connectivity index (χ0n) is 25.0. The largest absolute Gasteiger partial charge is 0.493 e. The molecular formula is C31H38ClN3O6S. The van der Waals surface area contributed by atoms with Gasteiger partial charge in [0.25, 0.3) is 10.0 Å². The van der Waals surface area contributed by atoms with Crippen LogP contribution in [0.1, 0.15) is 38.8 Å². The molecule has 3 rings (SSSR count). The lowest BCUT2D eigenvalue weighted by molar-refractivity contribution is -0.140. The zero-order valence-corrected chi connectivity index (χ0v) is 26.5. The maximum Gasteiger partial charge on any atom is 0.264 e. The molecule has 3 aromatic carbocycles. The Balaban J connectivity index is 2.11. The lowest BCUT2D eigenvalue weighted by atomic mass is 10.1. The van der Waals surface area contributed by atoms with Crippen molar-refractivity contribution >= 4 is 39.1 Å². The number of carbonyl (C=O) groups is 2. The van der Waals surface area contributed by atoms with E-state index in [0.29, 0.717) is 16.3 Å². The predicted octanol–water partition coefficient (Wildman–Crippen LogP) is 5.19. The molecule has 0 unspecified atom stereocenters. The Kier molecular flexibility index (Phi) is 10.5. The number of hydrogen-bond acceptors (Lipinski definition) is 6. The molecular weight excluding hydrogens is 578 g/mol. The zero-order chi connectivity index (χ0) is 31.2. The molecule has 0 heterocycles. The molecule has 2 amide bonds. The highest BCUT2D eigenvalue weighted by Gasteiger charge is 2.34. The molecule has 0 radical (unpaired) electrons. The average molecular weight is 616 g/mol. The number of anilines is 1. The number of benzene rings is 3. The van der Waals surface area contributed by atoms with Crippen LogP contribution in [0.3, 0.4) is 0 Å². The molecule has 0 saturated carbocycles. The number of halogens is 1. The van der Waals surface area contributed by atoms with Gasteiger partial charge in [-0.2, -0.15) is 0 Å². The van der Waals surface area contributed by atoms with E-state index in [4.69, 9.17) is 21.1 Å². The molecule has 42 heavy (non-hydrogen) atoms. The van der Waals surface area contributed by atoms with Crippen LogP contribution in [0, 0.1) is 6.92 Å². The third-order valence-corrected chi connectivity index (χ3v) is 8.66. The first-order chi connectivity index (χ1) is 19.7. The Morgan fingerprint density at radius 3 is 2.14 bits per heavy atom. The quantitative estimate of drug-likeness (QED) is 0.318. The number of amides is 2. The van der Waals surface area contributed by atoms with E-state index >= 15 is 0 Å². The van der Waals surface area contributed by atoms with Crippen molar-refractivity contribution in [3.63, 3.8) is 0 Å². The fraction of sp³-hybridized carbons (Fsp3) is 0.355. The second-order valence-corrected chi connectivity index (χ2v) is 13.2. The number of nitrogens with one attached hydrogen (secondary N) is 1. The molecule has 0 saturated heterocycles. The lowest BCUT2D eigenvalue weighted by Crippen LogP contribution is -2.54.